The van der Waals surface area contributed by atoms with E-state index in [1.54, 1.807) is 24.3 Å². The number of piperidine rings is 1. The molecule has 0 spiro atoms. The first kappa shape index (κ1) is 18.7. The maximum absolute atomic E-state index is 12.8. The van der Waals surface area contributed by atoms with Gasteiger partial charge in [-0.05, 0) is 11.1 Å². The van der Waals surface area contributed by atoms with Crippen molar-refractivity contribution in [2.75, 3.05) is 0 Å². The first-order valence-electron chi connectivity index (χ1n) is 8.58. The van der Waals surface area contributed by atoms with Crippen molar-refractivity contribution in [2.45, 2.75) is 25.9 Å². The number of carbonyl (C=O) groups is 1. The number of nitrogens with zero attached hydrogens (tertiary/aromatic N) is 2. The normalized spacial score (nSPS) is 25.2. The number of nitro benzene ring substituents is 2. The summed E-state index contributed by atoms with van der Waals surface area (Å²) in [5.41, 5.74) is 1.57. The van der Waals surface area contributed by atoms with E-state index in [0.29, 0.717) is 0 Å². The highest BCUT2D eigenvalue weighted by atomic mass is 16.6. The van der Waals surface area contributed by atoms with Crippen LogP contribution in [0.4, 0.5) is 11.4 Å². The molecule has 8 nitrogen and oxygen atoms in total. The fraction of sp³-hybridized carbons (Fsp3) is 0.316. The minimum atomic E-state index is -0.464. The molecule has 1 N–H and O–H groups in total. The van der Waals surface area contributed by atoms with Gasteiger partial charge in [-0.2, -0.15) is 0 Å². The summed E-state index contributed by atoms with van der Waals surface area (Å²) in [6, 6.07) is 11.7. The van der Waals surface area contributed by atoms with Crippen LogP contribution in [0.3, 0.4) is 0 Å². The molecule has 0 aliphatic carbocycles. The molecule has 0 saturated carbocycles. The second kappa shape index (κ2) is 7.24. The molecular weight excluding hydrogens is 350 g/mol. The third kappa shape index (κ3) is 3.56. The van der Waals surface area contributed by atoms with Crippen LogP contribution in [-0.2, 0) is 4.79 Å². The largest absolute Gasteiger partial charge is 0.302 e. The lowest BCUT2D eigenvalue weighted by Crippen LogP contribution is -2.46. The topological polar surface area (TPSA) is 115 Å². The van der Waals surface area contributed by atoms with E-state index in [9.17, 15) is 25.0 Å². The van der Waals surface area contributed by atoms with Gasteiger partial charge in [0.25, 0.3) is 11.4 Å². The Morgan fingerprint density at radius 3 is 1.37 bits per heavy atom. The molecule has 1 fully saturated rings. The Kier molecular flexibility index (Phi) is 5.00. The molecule has 3 rings (SSSR count). The van der Waals surface area contributed by atoms with Crippen molar-refractivity contribution in [1.82, 2.24) is 5.32 Å². The number of non-ortho nitro benzene ring substituents is 2. The molecule has 0 radical (unpaired) electrons. The molecule has 27 heavy (non-hydrogen) atoms. The van der Waals surface area contributed by atoms with Crippen molar-refractivity contribution < 1.29 is 14.6 Å². The zero-order chi connectivity index (χ0) is 19.7. The number of benzene rings is 2. The lowest BCUT2D eigenvalue weighted by atomic mass is 9.76. The first-order valence-corrected chi connectivity index (χ1v) is 8.58. The Morgan fingerprint density at radius 1 is 0.741 bits per heavy atom. The lowest BCUT2D eigenvalue weighted by molar-refractivity contribution is -0.385. The van der Waals surface area contributed by atoms with Crippen molar-refractivity contribution >= 4 is 17.2 Å². The van der Waals surface area contributed by atoms with Crippen LogP contribution in [0.1, 0.15) is 37.1 Å². The van der Waals surface area contributed by atoms with Crippen molar-refractivity contribution in [1.29, 1.82) is 0 Å². The molecule has 1 aliphatic heterocycles. The van der Waals surface area contributed by atoms with Gasteiger partial charge in [-0.25, -0.2) is 0 Å². The molecule has 8 heteroatoms. The van der Waals surface area contributed by atoms with Gasteiger partial charge < -0.3 is 5.32 Å². The molecule has 0 aromatic heterocycles. The number of hydrogen-bond acceptors (Lipinski definition) is 6. The average Bonchev–Trinajstić information content (AvgIpc) is 2.66. The van der Waals surface area contributed by atoms with Gasteiger partial charge in [0.05, 0.1) is 9.85 Å². The van der Waals surface area contributed by atoms with Crippen molar-refractivity contribution in [3.8, 4) is 0 Å². The van der Waals surface area contributed by atoms with E-state index < -0.39 is 9.85 Å². The summed E-state index contributed by atoms with van der Waals surface area (Å²) >= 11 is 0. The minimum absolute atomic E-state index is 0.00572. The van der Waals surface area contributed by atoms with Crippen molar-refractivity contribution in [3.05, 3.63) is 79.9 Å². The van der Waals surface area contributed by atoms with E-state index in [-0.39, 0.29) is 41.1 Å². The van der Waals surface area contributed by atoms with Crippen LogP contribution in [0.5, 0.6) is 0 Å². The number of ketones is 1. The SMILES string of the molecule is C[C@@H]1C(=O)[C@H](C)[C@@H](c2ccc([N+](=O)[O-])cc2)N[C@@H]1c1ccc([N+](=O)[O-])cc1. The summed E-state index contributed by atoms with van der Waals surface area (Å²) < 4.78 is 0. The Balaban J connectivity index is 1.91. The van der Waals surface area contributed by atoms with E-state index in [2.05, 4.69) is 5.32 Å². The molecule has 1 aliphatic rings. The van der Waals surface area contributed by atoms with Crippen LogP contribution in [0, 0.1) is 32.1 Å². The molecule has 140 valence electrons. The zero-order valence-corrected chi connectivity index (χ0v) is 14.9. The third-order valence-corrected chi connectivity index (χ3v) is 5.18. The Bertz CT molecular complexity index is 808. The Labute approximate surface area is 155 Å². The fourth-order valence-electron chi connectivity index (χ4n) is 3.60. The van der Waals surface area contributed by atoms with Gasteiger partial charge in [0.15, 0.2) is 0 Å². The lowest BCUT2D eigenvalue weighted by Gasteiger charge is -2.39. The highest BCUT2D eigenvalue weighted by Gasteiger charge is 2.40. The molecule has 4 atom stereocenters. The summed E-state index contributed by atoms with van der Waals surface area (Å²) in [4.78, 5) is 33.6. The number of nitro groups is 2. The average molecular weight is 369 g/mol. The number of hydrogen-bond donors (Lipinski definition) is 1. The highest BCUT2D eigenvalue weighted by Crippen LogP contribution is 2.38. The third-order valence-electron chi connectivity index (χ3n) is 5.18. The second-order valence-electron chi connectivity index (χ2n) is 6.80. The van der Waals surface area contributed by atoms with Gasteiger partial charge in [-0.1, -0.05) is 38.1 Å². The van der Waals surface area contributed by atoms with Gasteiger partial charge in [-0.15, -0.1) is 0 Å². The van der Waals surface area contributed by atoms with Crippen LogP contribution < -0.4 is 5.32 Å². The molecular formula is C19H19N3O5. The van der Waals surface area contributed by atoms with E-state index >= 15 is 0 Å². The predicted octanol–water partition coefficient (Wildman–Crippen LogP) is 3.73. The molecule has 0 unspecified atom stereocenters. The van der Waals surface area contributed by atoms with Gasteiger partial charge in [0, 0.05) is 48.2 Å². The fourth-order valence-corrected chi connectivity index (χ4v) is 3.60. The van der Waals surface area contributed by atoms with E-state index in [1.807, 2.05) is 13.8 Å². The number of nitrogens with one attached hydrogen (secondary N) is 1. The van der Waals surface area contributed by atoms with Crippen LogP contribution in [0.25, 0.3) is 0 Å². The summed E-state index contributed by atoms with van der Waals surface area (Å²) in [6.07, 6.45) is 0. The van der Waals surface area contributed by atoms with Crippen LogP contribution in [0.2, 0.25) is 0 Å². The molecule has 2 aromatic rings. The predicted molar refractivity (Wildman–Crippen MR) is 98.1 cm³/mol. The van der Waals surface area contributed by atoms with E-state index in [4.69, 9.17) is 0 Å². The maximum Gasteiger partial charge on any atom is 0.269 e. The number of carbonyl (C=O) groups excluding carboxylic acids is 1. The summed E-state index contributed by atoms with van der Waals surface area (Å²) in [6.45, 7) is 3.67. The molecule has 0 amide bonds. The maximum atomic E-state index is 12.8. The summed E-state index contributed by atoms with van der Waals surface area (Å²) in [5.74, 6) is -0.507. The van der Waals surface area contributed by atoms with Crippen molar-refractivity contribution in [3.63, 3.8) is 0 Å². The monoisotopic (exact) mass is 369 g/mol. The Hall–Kier alpha value is -3.13. The molecule has 2 aromatic carbocycles. The molecule has 1 saturated heterocycles. The van der Waals surface area contributed by atoms with Gasteiger partial charge in [0.1, 0.15) is 5.78 Å². The van der Waals surface area contributed by atoms with Crippen LogP contribution in [-0.4, -0.2) is 15.6 Å². The smallest absolute Gasteiger partial charge is 0.269 e. The molecule has 1 heterocycles. The van der Waals surface area contributed by atoms with Gasteiger partial charge in [-0.3, -0.25) is 25.0 Å². The zero-order valence-electron chi connectivity index (χ0n) is 14.9. The molecule has 0 bridgehead atoms. The van der Waals surface area contributed by atoms with E-state index in [0.717, 1.165) is 11.1 Å². The quantitative estimate of drug-likeness (QED) is 0.648. The number of rotatable bonds is 4. The standard InChI is InChI=1S/C19H19N3O5/c1-11-17(13-3-7-15(8-4-13)21(24)25)20-18(12(2)19(11)23)14-5-9-16(10-6-14)22(26)27/h3-12,17-18,20H,1-2H3/t11-,12+,17-,18-/m0/s1. The van der Waals surface area contributed by atoms with Gasteiger partial charge in [0.2, 0.25) is 0 Å². The van der Waals surface area contributed by atoms with Gasteiger partial charge >= 0.3 is 0 Å². The van der Waals surface area contributed by atoms with E-state index in [1.165, 1.54) is 24.3 Å². The van der Waals surface area contributed by atoms with Crippen LogP contribution >= 0.6 is 0 Å². The summed E-state index contributed by atoms with van der Waals surface area (Å²) in [5, 5.41) is 25.1. The van der Waals surface area contributed by atoms with Crippen molar-refractivity contribution in [2.24, 2.45) is 11.8 Å². The highest BCUT2D eigenvalue weighted by molar-refractivity contribution is 5.85. The summed E-state index contributed by atoms with van der Waals surface area (Å²) in [7, 11) is 0. The first-order chi connectivity index (χ1) is 12.8. The Morgan fingerprint density at radius 2 is 1.07 bits per heavy atom. The number of Topliss-reactive ketones (excluding diaryl/α,β-unsaturated/α-hetero) is 1. The minimum Gasteiger partial charge on any atom is -0.302 e. The van der Waals surface area contributed by atoms with Crippen LogP contribution in [0.15, 0.2) is 48.5 Å². The second-order valence-corrected chi connectivity index (χ2v) is 6.80.